The van der Waals surface area contributed by atoms with Crippen molar-refractivity contribution < 1.29 is 27.8 Å². The second kappa shape index (κ2) is 8.26. The van der Waals surface area contributed by atoms with Crippen molar-refractivity contribution >= 4 is 17.5 Å². The number of carbonyl (C=O) groups is 1. The summed E-state index contributed by atoms with van der Waals surface area (Å²) in [6.07, 6.45) is -1.24. The van der Waals surface area contributed by atoms with Crippen LogP contribution in [0.5, 0.6) is 11.5 Å². The highest BCUT2D eigenvalue weighted by Gasteiger charge is 2.48. The number of amides is 1. The minimum absolute atomic E-state index is 0.0469. The van der Waals surface area contributed by atoms with Crippen LogP contribution in [0.4, 0.5) is 13.2 Å². The van der Waals surface area contributed by atoms with Gasteiger partial charge in [-0.05, 0) is 68.0 Å². The van der Waals surface area contributed by atoms with Gasteiger partial charge in [-0.1, -0.05) is 23.7 Å². The third-order valence-electron chi connectivity index (χ3n) is 6.17. The van der Waals surface area contributed by atoms with E-state index in [1.807, 2.05) is 0 Å². The van der Waals surface area contributed by atoms with Crippen LogP contribution in [0.15, 0.2) is 42.5 Å². The lowest BCUT2D eigenvalue weighted by Crippen LogP contribution is -2.47. The topological polar surface area (TPSA) is 58.6 Å². The van der Waals surface area contributed by atoms with Crippen LogP contribution in [0.1, 0.15) is 49.3 Å². The number of phenols is 1. The molecule has 1 amide bonds. The van der Waals surface area contributed by atoms with Crippen molar-refractivity contribution in [3.05, 3.63) is 58.6 Å². The number of ether oxygens (including phenoxy) is 1. The number of rotatable bonds is 4. The molecule has 1 spiro atoms. The second-order valence-corrected chi connectivity index (χ2v) is 8.84. The van der Waals surface area contributed by atoms with Gasteiger partial charge in [0.05, 0.1) is 6.04 Å². The molecule has 0 radical (unpaired) electrons. The molecular formula is C23H23ClF3NO3. The first kappa shape index (κ1) is 21.8. The summed E-state index contributed by atoms with van der Waals surface area (Å²) in [6, 6.07) is 9.81. The van der Waals surface area contributed by atoms with Gasteiger partial charge in [0.15, 0.2) is 0 Å². The third-order valence-corrected chi connectivity index (χ3v) is 6.40. The lowest BCUT2D eigenvalue weighted by molar-refractivity contribution is -0.183. The van der Waals surface area contributed by atoms with Crippen molar-refractivity contribution in [1.82, 2.24) is 5.32 Å². The molecule has 4 nitrogen and oxygen atoms in total. The Morgan fingerprint density at radius 3 is 2.52 bits per heavy atom. The number of halogens is 4. The van der Waals surface area contributed by atoms with Gasteiger partial charge in [-0.2, -0.15) is 13.2 Å². The zero-order valence-electron chi connectivity index (χ0n) is 16.7. The van der Waals surface area contributed by atoms with Crippen LogP contribution in [0.25, 0.3) is 0 Å². The molecule has 1 unspecified atom stereocenters. The maximum absolute atomic E-state index is 13.8. The van der Waals surface area contributed by atoms with Gasteiger partial charge >= 0.3 is 6.18 Å². The Morgan fingerprint density at radius 2 is 1.87 bits per heavy atom. The smallest absolute Gasteiger partial charge is 0.400 e. The van der Waals surface area contributed by atoms with E-state index in [0.29, 0.717) is 28.3 Å². The van der Waals surface area contributed by atoms with Gasteiger partial charge in [-0.15, -0.1) is 0 Å². The lowest BCUT2D eigenvalue weighted by Gasteiger charge is -2.40. The molecule has 1 saturated carbocycles. The Hall–Kier alpha value is -2.41. The molecule has 0 saturated heterocycles. The summed E-state index contributed by atoms with van der Waals surface area (Å²) in [4.78, 5) is 12.9. The fourth-order valence-electron chi connectivity index (χ4n) is 4.59. The van der Waals surface area contributed by atoms with E-state index in [-0.39, 0.29) is 5.75 Å². The van der Waals surface area contributed by atoms with E-state index in [1.165, 1.54) is 24.3 Å². The summed E-state index contributed by atoms with van der Waals surface area (Å²) in [5.74, 6) is -2.77. The highest BCUT2D eigenvalue weighted by atomic mass is 35.5. The van der Waals surface area contributed by atoms with E-state index in [1.54, 1.807) is 18.2 Å². The summed E-state index contributed by atoms with van der Waals surface area (Å²) >= 11 is 6.12. The highest BCUT2D eigenvalue weighted by Crippen LogP contribution is 2.48. The molecule has 166 valence electrons. The molecule has 0 bridgehead atoms. The summed E-state index contributed by atoms with van der Waals surface area (Å²) < 4.78 is 47.6. The molecule has 2 aromatic rings. The summed E-state index contributed by atoms with van der Waals surface area (Å²) in [5.41, 5.74) is 0.450. The van der Waals surface area contributed by atoms with Crippen LogP contribution in [-0.2, 0) is 11.2 Å². The van der Waals surface area contributed by atoms with Crippen LogP contribution in [0.3, 0.4) is 0 Å². The largest absolute Gasteiger partial charge is 0.508 e. The second-order valence-electron chi connectivity index (χ2n) is 8.40. The molecule has 0 aromatic heterocycles. The van der Waals surface area contributed by atoms with Crippen molar-refractivity contribution in [2.24, 2.45) is 5.92 Å². The van der Waals surface area contributed by atoms with Gasteiger partial charge in [0.1, 0.15) is 23.0 Å². The minimum atomic E-state index is -4.71. The SMILES string of the molecule is O=C(N[C@@H]1CC2(CCCC2)Oc2ccc(Cl)cc21)C(Cc1ccc(O)cc1)C(F)(F)F. The first-order chi connectivity index (χ1) is 14.7. The van der Waals surface area contributed by atoms with Crippen molar-refractivity contribution in [3.8, 4) is 11.5 Å². The number of alkyl halides is 3. The molecular weight excluding hydrogens is 431 g/mol. The number of hydrogen-bond donors (Lipinski definition) is 2. The van der Waals surface area contributed by atoms with E-state index in [2.05, 4.69) is 5.32 Å². The van der Waals surface area contributed by atoms with Gasteiger partial charge < -0.3 is 15.2 Å². The maximum atomic E-state index is 13.8. The van der Waals surface area contributed by atoms with E-state index < -0.39 is 36.1 Å². The van der Waals surface area contributed by atoms with Crippen molar-refractivity contribution in [3.63, 3.8) is 0 Å². The average molecular weight is 454 g/mol. The van der Waals surface area contributed by atoms with Gasteiger partial charge in [0.2, 0.25) is 5.91 Å². The van der Waals surface area contributed by atoms with Gasteiger partial charge in [-0.25, -0.2) is 0 Å². The number of phenolic OH excluding ortho intramolecular Hbond substituents is 1. The molecule has 2 aromatic carbocycles. The highest BCUT2D eigenvalue weighted by molar-refractivity contribution is 6.30. The first-order valence-corrected chi connectivity index (χ1v) is 10.7. The third kappa shape index (κ3) is 4.76. The molecule has 1 heterocycles. The predicted octanol–water partition coefficient (Wildman–Crippen LogP) is 5.72. The van der Waals surface area contributed by atoms with Crippen LogP contribution >= 0.6 is 11.6 Å². The summed E-state index contributed by atoms with van der Waals surface area (Å²) in [5, 5.41) is 12.4. The normalized spacial score (nSPS) is 20.7. The summed E-state index contributed by atoms with van der Waals surface area (Å²) in [7, 11) is 0. The van der Waals surface area contributed by atoms with Gasteiger partial charge in [0.25, 0.3) is 0 Å². The Morgan fingerprint density at radius 1 is 1.19 bits per heavy atom. The van der Waals surface area contributed by atoms with Crippen LogP contribution < -0.4 is 10.1 Å². The number of aromatic hydroxyl groups is 1. The summed E-state index contributed by atoms with van der Waals surface area (Å²) in [6.45, 7) is 0. The first-order valence-electron chi connectivity index (χ1n) is 10.3. The van der Waals surface area contributed by atoms with Gasteiger partial charge in [-0.3, -0.25) is 4.79 Å². The molecule has 1 aliphatic carbocycles. The quantitative estimate of drug-likeness (QED) is 0.622. The average Bonchev–Trinajstić information content (AvgIpc) is 3.14. The molecule has 2 aliphatic rings. The lowest BCUT2D eigenvalue weighted by atomic mass is 9.85. The van der Waals surface area contributed by atoms with E-state index in [0.717, 1.165) is 25.7 Å². The number of hydrogen-bond acceptors (Lipinski definition) is 3. The molecule has 1 aliphatic heterocycles. The molecule has 1 fully saturated rings. The molecule has 31 heavy (non-hydrogen) atoms. The fraction of sp³-hybridized carbons (Fsp3) is 0.435. The van der Waals surface area contributed by atoms with E-state index >= 15 is 0 Å². The number of nitrogens with one attached hydrogen (secondary N) is 1. The predicted molar refractivity (Wildman–Crippen MR) is 110 cm³/mol. The Balaban J connectivity index is 1.60. The van der Waals surface area contributed by atoms with E-state index in [9.17, 15) is 23.1 Å². The van der Waals surface area contributed by atoms with Crippen molar-refractivity contribution in [1.29, 1.82) is 0 Å². The molecule has 4 rings (SSSR count). The molecule has 2 atom stereocenters. The minimum Gasteiger partial charge on any atom is -0.508 e. The Bertz CT molecular complexity index is 956. The maximum Gasteiger partial charge on any atom is 0.400 e. The van der Waals surface area contributed by atoms with Crippen molar-refractivity contribution in [2.45, 2.75) is 56.3 Å². The Kier molecular flexibility index (Phi) is 5.81. The standard InChI is InChI=1S/C23H23ClF3NO3/c24-15-5-8-20-17(12-15)19(13-22(31-20)9-1-2-10-22)28-21(30)18(23(25,26)27)11-14-3-6-16(29)7-4-14/h3-8,12,18-19,29H,1-2,9-11,13H2,(H,28,30)/t18?,19-/m1/s1. The molecule has 8 heteroatoms. The Labute approximate surface area is 183 Å². The number of benzene rings is 2. The van der Waals surface area contributed by atoms with Crippen LogP contribution in [-0.4, -0.2) is 22.8 Å². The molecule has 2 N–H and O–H groups in total. The number of carbonyl (C=O) groups excluding carboxylic acids is 1. The monoisotopic (exact) mass is 453 g/mol. The van der Waals surface area contributed by atoms with Gasteiger partial charge in [0, 0.05) is 17.0 Å². The van der Waals surface area contributed by atoms with Crippen molar-refractivity contribution in [2.75, 3.05) is 0 Å². The van der Waals surface area contributed by atoms with E-state index in [4.69, 9.17) is 16.3 Å². The fourth-order valence-corrected chi connectivity index (χ4v) is 4.77. The van der Waals surface area contributed by atoms with Crippen LogP contribution in [0.2, 0.25) is 5.02 Å². The zero-order valence-corrected chi connectivity index (χ0v) is 17.5. The number of fused-ring (bicyclic) bond motifs is 1. The zero-order chi connectivity index (χ0) is 22.2. The van der Waals surface area contributed by atoms with Crippen LogP contribution in [0, 0.1) is 5.92 Å².